The average Bonchev–Trinajstić information content (AvgIpc) is 3.02. The second-order valence-electron chi connectivity index (χ2n) is 6.89. The molecule has 7 heteroatoms. The van der Waals surface area contributed by atoms with Crippen LogP contribution in [-0.2, 0) is 4.79 Å². The highest BCUT2D eigenvalue weighted by molar-refractivity contribution is 5.85. The Bertz CT molecular complexity index is 736. The van der Waals surface area contributed by atoms with Crippen LogP contribution < -0.4 is 11.1 Å². The molecule has 7 nitrogen and oxygen atoms in total. The van der Waals surface area contributed by atoms with E-state index in [0.717, 1.165) is 62.9 Å². The van der Waals surface area contributed by atoms with Gasteiger partial charge in [0.25, 0.3) is 0 Å². The predicted octanol–water partition coefficient (Wildman–Crippen LogP) is 1.25. The molecule has 2 aromatic rings. The van der Waals surface area contributed by atoms with E-state index in [-0.39, 0.29) is 11.8 Å². The maximum absolute atomic E-state index is 12.8. The van der Waals surface area contributed by atoms with Gasteiger partial charge in [0.1, 0.15) is 5.82 Å². The van der Waals surface area contributed by atoms with E-state index in [4.69, 9.17) is 5.73 Å². The lowest BCUT2D eigenvalue weighted by molar-refractivity contribution is -0.137. The Kier molecular flexibility index (Phi) is 4.10. The number of fused-ring (bicyclic) bond motifs is 1. The Labute approximate surface area is 141 Å². The molecule has 2 saturated heterocycles. The molecule has 0 radical (unpaired) electrons. The molecule has 2 fully saturated rings. The van der Waals surface area contributed by atoms with Crippen molar-refractivity contribution in [1.82, 2.24) is 25.4 Å². The zero-order chi connectivity index (χ0) is 16.5. The van der Waals surface area contributed by atoms with Gasteiger partial charge in [0.05, 0.1) is 5.39 Å². The van der Waals surface area contributed by atoms with Gasteiger partial charge >= 0.3 is 0 Å². The summed E-state index contributed by atoms with van der Waals surface area (Å²) in [5.41, 5.74) is 7.50. The number of carbonyl (C=O) groups excluding carboxylic acids is 1. The summed E-state index contributed by atoms with van der Waals surface area (Å²) in [5.74, 6) is 1.35. The number of H-pyrrole nitrogens is 1. The zero-order valence-electron chi connectivity index (χ0n) is 13.8. The van der Waals surface area contributed by atoms with Crippen LogP contribution in [0, 0.1) is 5.92 Å². The van der Waals surface area contributed by atoms with Crippen molar-refractivity contribution in [2.45, 2.75) is 31.6 Å². The summed E-state index contributed by atoms with van der Waals surface area (Å²) in [5, 5.41) is 11.1. The van der Waals surface area contributed by atoms with Gasteiger partial charge in [0.15, 0.2) is 5.65 Å². The van der Waals surface area contributed by atoms with Crippen LogP contribution in [0.15, 0.2) is 12.1 Å². The van der Waals surface area contributed by atoms with Gasteiger partial charge in [-0.25, -0.2) is 4.98 Å². The van der Waals surface area contributed by atoms with Gasteiger partial charge in [-0.05, 0) is 50.9 Å². The maximum atomic E-state index is 12.8. The van der Waals surface area contributed by atoms with Crippen LogP contribution in [0.25, 0.3) is 11.0 Å². The molecule has 4 rings (SSSR count). The molecule has 2 aliphatic heterocycles. The Morgan fingerprint density at radius 3 is 2.92 bits per heavy atom. The zero-order valence-corrected chi connectivity index (χ0v) is 13.8. The molecule has 0 saturated carbocycles. The van der Waals surface area contributed by atoms with Gasteiger partial charge in [-0.2, -0.15) is 5.10 Å². The largest absolute Gasteiger partial charge is 0.384 e. The summed E-state index contributed by atoms with van der Waals surface area (Å²) in [6, 6.07) is 4.00. The lowest BCUT2D eigenvalue weighted by Crippen LogP contribution is -2.45. The van der Waals surface area contributed by atoms with Crippen LogP contribution >= 0.6 is 0 Å². The number of nitrogens with one attached hydrogen (secondary N) is 2. The maximum Gasteiger partial charge on any atom is 0.225 e. The number of aromatic nitrogens is 3. The first-order valence-corrected chi connectivity index (χ1v) is 8.82. The summed E-state index contributed by atoms with van der Waals surface area (Å²) in [6.45, 7) is 3.54. The number of nitrogens with two attached hydrogens (primary N) is 1. The van der Waals surface area contributed by atoms with E-state index in [1.54, 1.807) is 0 Å². The first-order valence-electron chi connectivity index (χ1n) is 8.82. The second kappa shape index (κ2) is 6.39. The van der Waals surface area contributed by atoms with Gasteiger partial charge in [-0.15, -0.1) is 0 Å². The number of nitrogens with zero attached hydrogens (tertiary/aromatic N) is 3. The Hall–Kier alpha value is -2.15. The van der Waals surface area contributed by atoms with Crippen molar-refractivity contribution >= 4 is 22.8 Å². The molecule has 0 aliphatic carbocycles. The molecular formula is C17H24N6O. The number of hydrogen-bond donors (Lipinski definition) is 3. The van der Waals surface area contributed by atoms with Crippen LogP contribution in [0.4, 0.5) is 5.82 Å². The SMILES string of the molecule is Nc1[nH]nc2nc([C@@H]3CCCN(C(=O)C4CCNCC4)C3)ccc12. The van der Waals surface area contributed by atoms with Crippen molar-refractivity contribution in [3.8, 4) is 0 Å². The van der Waals surface area contributed by atoms with Gasteiger partial charge in [-0.3, -0.25) is 9.89 Å². The van der Waals surface area contributed by atoms with E-state index in [1.807, 2.05) is 12.1 Å². The van der Waals surface area contributed by atoms with E-state index in [1.165, 1.54) is 0 Å². The number of anilines is 1. The van der Waals surface area contributed by atoms with Crippen molar-refractivity contribution in [2.24, 2.45) is 5.92 Å². The number of pyridine rings is 1. The third-order valence-corrected chi connectivity index (χ3v) is 5.31. The fraction of sp³-hybridized carbons (Fsp3) is 0.588. The molecule has 1 atom stereocenters. The van der Waals surface area contributed by atoms with Crippen molar-refractivity contribution < 1.29 is 4.79 Å². The molecule has 128 valence electrons. The van der Waals surface area contributed by atoms with Gasteiger partial charge in [0, 0.05) is 30.6 Å². The highest BCUT2D eigenvalue weighted by atomic mass is 16.2. The van der Waals surface area contributed by atoms with Crippen LogP contribution in [0.1, 0.15) is 37.3 Å². The van der Waals surface area contributed by atoms with Crippen molar-refractivity contribution in [1.29, 1.82) is 0 Å². The monoisotopic (exact) mass is 328 g/mol. The molecule has 2 aliphatic rings. The number of piperidine rings is 2. The van der Waals surface area contributed by atoms with Crippen molar-refractivity contribution in [3.05, 3.63) is 17.8 Å². The van der Waals surface area contributed by atoms with Crippen molar-refractivity contribution in [3.63, 3.8) is 0 Å². The number of likely N-dealkylation sites (tertiary alicyclic amines) is 1. The van der Waals surface area contributed by atoms with Crippen LogP contribution in [-0.4, -0.2) is 52.2 Å². The summed E-state index contributed by atoms with van der Waals surface area (Å²) in [6.07, 6.45) is 4.01. The third-order valence-electron chi connectivity index (χ3n) is 5.31. The van der Waals surface area contributed by atoms with E-state index < -0.39 is 0 Å². The summed E-state index contributed by atoms with van der Waals surface area (Å²) >= 11 is 0. The van der Waals surface area contributed by atoms with E-state index in [9.17, 15) is 4.79 Å². The minimum absolute atomic E-state index is 0.187. The topological polar surface area (TPSA) is 99.9 Å². The summed E-state index contributed by atoms with van der Waals surface area (Å²) in [4.78, 5) is 19.5. The average molecular weight is 328 g/mol. The number of hydrogen-bond acceptors (Lipinski definition) is 5. The Morgan fingerprint density at radius 2 is 2.08 bits per heavy atom. The van der Waals surface area contributed by atoms with Gasteiger partial charge < -0.3 is 16.0 Å². The number of aromatic amines is 1. The molecule has 2 aromatic heterocycles. The third kappa shape index (κ3) is 2.84. The molecular weight excluding hydrogens is 304 g/mol. The fourth-order valence-electron chi connectivity index (χ4n) is 3.91. The van der Waals surface area contributed by atoms with E-state index >= 15 is 0 Å². The Balaban J connectivity index is 1.49. The summed E-state index contributed by atoms with van der Waals surface area (Å²) < 4.78 is 0. The van der Waals surface area contributed by atoms with Crippen molar-refractivity contribution in [2.75, 3.05) is 31.9 Å². The first kappa shape index (κ1) is 15.4. The normalized spacial score (nSPS) is 22.8. The molecule has 0 unspecified atom stereocenters. The lowest BCUT2D eigenvalue weighted by Gasteiger charge is -2.35. The smallest absolute Gasteiger partial charge is 0.225 e. The minimum Gasteiger partial charge on any atom is -0.384 e. The molecule has 0 spiro atoms. The molecule has 24 heavy (non-hydrogen) atoms. The molecule has 4 heterocycles. The van der Waals surface area contributed by atoms with Crippen LogP contribution in [0.2, 0.25) is 0 Å². The lowest BCUT2D eigenvalue weighted by atomic mass is 9.91. The van der Waals surface area contributed by atoms with Crippen LogP contribution in [0.5, 0.6) is 0 Å². The quantitative estimate of drug-likeness (QED) is 0.770. The van der Waals surface area contributed by atoms with E-state index in [0.29, 0.717) is 17.4 Å². The number of rotatable bonds is 2. The summed E-state index contributed by atoms with van der Waals surface area (Å²) in [7, 11) is 0. The molecule has 0 aromatic carbocycles. The molecule has 0 bridgehead atoms. The highest BCUT2D eigenvalue weighted by Gasteiger charge is 2.30. The number of nitrogen functional groups attached to an aromatic ring is 1. The van der Waals surface area contributed by atoms with E-state index in [2.05, 4.69) is 25.4 Å². The minimum atomic E-state index is 0.187. The first-order chi connectivity index (χ1) is 11.7. The Morgan fingerprint density at radius 1 is 1.25 bits per heavy atom. The highest BCUT2D eigenvalue weighted by Crippen LogP contribution is 2.29. The fourth-order valence-corrected chi connectivity index (χ4v) is 3.91. The predicted molar refractivity (Wildman–Crippen MR) is 92.4 cm³/mol. The standard InChI is InChI=1S/C17H24N6O/c18-15-13-3-4-14(20-16(13)22-21-15)12-2-1-9-23(10-12)17(24)11-5-7-19-8-6-11/h3-4,11-12,19H,1-2,5-10H2,(H3,18,20,21,22)/t12-/m1/s1. The van der Waals surface area contributed by atoms with Crippen LogP contribution in [0.3, 0.4) is 0 Å². The molecule has 1 amide bonds. The second-order valence-corrected chi connectivity index (χ2v) is 6.89. The van der Waals surface area contributed by atoms with Gasteiger partial charge in [0.2, 0.25) is 5.91 Å². The van der Waals surface area contributed by atoms with Gasteiger partial charge in [-0.1, -0.05) is 0 Å². The number of amides is 1. The number of carbonyl (C=O) groups is 1. The molecule has 4 N–H and O–H groups in total.